The number of likely N-dealkylation sites (tertiary alicyclic amines) is 1. The fourth-order valence-electron chi connectivity index (χ4n) is 2.73. The fraction of sp³-hybridized carbons (Fsp3) is 1.00. The molecule has 2 rings (SSSR count). The van der Waals surface area contributed by atoms with Crippen molar-refractivity contribution < 1.29 is 5.11 Å². The highest BCUT2D eigenvalue weighted by Gasteiger charge is 2.27. The second-order valence-electron chi connectivity index (χ2n) is 5.66. The second kappa shape index (κ2) is 5.48. The van der Waals surface area contributed by atoms with Crippen molar-refractivity contribution in [3.8, 4) is 0 Å². The van der Waals surface area contributed by atoms with Crippen molar-refractivity contribution in [2.24, 2.45) is 0 Å². The van der Waals surface area contributed by atoms with Gasteiger partial charge in [0.25, 0.3) is 0 Å². The Balaban J connectivity index is 1.72. The number of aliphatic hydroxyl groups excluding tert-OH is 1. The van der Waals surface area contributed by atoms with Crippen LogP contribution in [0, 0.1) is 0 Å². The number of β-amino-alcohol motifs (C(OH)–C–C–N with tert-alkyl or cyclic N) is 1. The summed E-state index contributed by atoms with van der Waals surface area (Å²) in [5.74, 6) is 0. The third-order valence-corrected chi connectivity index (χ3v) is 4.02. The van der Waals surface area contributed by atoms with E-state index in [0.29, 0.717) is 18.1 Å². The van der Waals surface area contributed by atoms with Gasteiger partial charge in [-0.05, 0) is 39.5 Å². The first-order valence-corrected chi connectivity index (χ1v) is 6.84. The van der Waals surface area contributed by atoms with Crippen molar-refractivity contribution in [3.05, 3.63) is 0 Å². The highest BCUT2D eigenvalue weighted by molar-refractivity contribution is 4.85. The van der Waals surface area contributed by atoms with Gasteiger partial charge in [0, 0.05) is 31.2 Å². The summed E-state index contributed by atoms with van der Waals surface area (Å²) < 4.78 is 0. The van der Waals surface area contributed by atoms with Gasteiger partial charge in [-0.15, -0.1) is 0 Å². The summed E-state index contributed by atoms with van der Waals surface area (Å²) in [6.45, 7) is 6.18. The average Bonchev–Trinajstić information content (AvgIpc) is 3.04. The van der Waals surface area contributed by atoms with Gasteiger partial charge in [-0.2, -0.15) is 0 Å². The Morgan fingerprint density at radius 3 is 2.38 bits per heavy atom. The Kier molecular flexibility index (Phi) is 4.22. The van der Waals surface area contributed by atoms with Crippen LogP contribution in [0.15, 0.2) is 0 Å². The Hall–Kier alpha value is -0.120. The van der Waals surface area contributed by atoms with Crippen LogP contribution in [0.1, 0.15) is 46.0 Å². The molecule has 1 saturated carbocycles. The van der Waals surface area contributed by atoms with Crippen molar-refractivity contribution in [2.75, 3.05) is 13.1 Å². The van der Waals surface area contributed by atoms with E-state index in [4.69, 9.17) is 0 Å². The molecule has 1 saturated heterocycles. The number of rotatable bonds is 5. The van der Waals surface area contributed by atoms with Crippen LogP contribution in [-0.2, 0) is 0 Å². The van der Waals surface area contributed by atoms with Crippen molar-refractivity contribution in [3.63, 3.8) is 0 Å². The molecular weight excluding hydrogens is 200 g/mol. The third-order valence-electron chi connectivity index (χ3n) is 4.02. The monoisotopic (exact) mass is 226 g/mol. The molecule has 0 amide bonds. The van der Waals surface area contributed by atoms with E-state index in [0.717, 1.165) is 13.1 Å². The van der Waals surface area contributed by atoms with Gasteiger partial charge in [0.1, 0.15) is 0 Å². The minimum atomic E-state index is -0.205. The standard InChI is InChI=1S/C13H26N2O/c1-10-4-3-5-11(2)15(10)9-13(16)8-14-12-6-7-12/h10-14,16H,3-9H2,1-2H3/t10-,11+,13?. The molecule has 94 valence electrons. The summed E-state index contributed by atoms with van der Waals surface area (Å²) in [5.41, 5.74) is 0. The van der Waals surface area contributed by atoms with Crippen LogP contribution < -0.4 is 5.32 Å². The summed E-state index contributed by atoms with van der Waals surface area (Å²) in [7, 11) is 0. The van der Waals surface area contributed by atoms with Gasteiger partial charge in [0.2, 0.25) is 0 Å². The van der Waals surface area contributed by atoms with E-state index < -0.39 is 0 Å². The summed E-state index contributed by atoms with van der Waals surface area (Å²) in [6.07, 6.45) is 6.30. The molecule has 3 heteroatoms. The van der Waals surface area contributed by atoms with Gasteiger partial charge >= 0.3 is 0 Å². The molecular formula is C13H26N2O. The Labute approximate surface area is 99.2 Å². The lowest BCUT2D eigenvalue weighted by molar-refractivity contribution is 0.0417. The minimum Gasteiger partial charge on any atom is -0.390 e. The summed E-state index contributed by atoms with van der Waals surface area (Å²) in [4.78, 5) is 2.47. The van der Waals surface area contributed by atoms with Crippen molar-refractivity contribution in [1.82, 2.24) is 10.2 Å². The van der Waals surface area contributed by atoms with E-state index in [9.17, 15) is 5.11 Å². The highest BCUT2D eigenvalue weighted by atomic mass is 16.3. The molecule has 0 bridgehead atoms. The molecule has 0 spiro atoms. The zero-order valence-corrected chi connectivity index (χ0v) is 10.7. The zero-order chi connectivity index (χ0) is 11.5. The molecule has 0 radical (unpaired) electrons. The van der Waals surface area contributed by atoms with Crippen LogP contribution in [0.25, 0.3) is 0 Å². The zero-order valence-electron chi connectivity index (χ0n) is 10.7. The lowest BCUT2D eigenvalue weighted by Crippen LogP contribution is -2.49. The molecule has 1 heterocycles. The van der Waals surface area contributed by atoms with E-state index in [1.807, 2.05) is 0 Å². The Morgan fingerprint density at radius 2 is 1.81 bits per heavy atom. The van der Waals surface area contributed by atoms with Crippen molar-refractivity contribution in [2.45, 2.75) is 70.2 Å². The van der Waals surface area contributed by atoms with Crippen molar-refractivity contribution in [1.29, 1.82) is 0 Å². The molecule has 16 heavy (non-hydrogen) atoms. The van der Waals surface area contributed by atoms with Gasteiger partial charge in [0.15, 0.2) is 0 Å². The molecule has 1 aliphatic heterocycles. The molecule has 2 N–H and O–H groups in total. The van der Waals surface area contributed by atoms with Crippen LogP contribution >= 0.6 is 0 Å². The maximum atomic E-state index is 10.0. The predicted molar refractivity (Wildman–Crippen MR) is 66.5 cm³/mol. The van der Waals surface area contributed by atoms with Crippen LogP contribution in [0.2, 0.25) is 0 Å². The minimum absolute atomic E-state index is 0.205. The van der Waals surface area contributed by atoms with Crippen LogP contribution in [0.3, 0.4) is 0 Å². The molecule has 3 atom stereocenters. The summed E-state index contributed by atoms with van der Waals surface area (Å²) in [5, 5.41) is 13.4. The number of hydrogen-bond acceptors (Lipinski definition) is 3. The second-order valence-corrected chi connectivity index (χ2v) is 5.66. The number of piperidine rings is 1. The smallest absolute Gasteiger partial charge is 0.0791 e. The van der Waals surface area contributed by atoms with E-state index >= 15 is 0 Å². The van der Waals surface area contributed by atoms with Gasteiger partial charge < -0.3 is 10.4 Å². The molecule has 0 aromatic rings. The Morgan fingerprint density at radius 1 is 1.19 bits per heavy atom. The van der Waals surface area contributed by atoms with E-state index in [1.165, 1.54) is 32.1 Å². The van der Waals surface area contributed by atoms with Gasteiger partial charge in [-0.25, -0.2) is 0 Å². The maximum Gasteiger partial charge on any atom is 0.0791 e. The maximum absolute atomic E-state index is 10.0. The molecule has 2 aliphatic rings. The number of nitrogens with zero attached hydrogens (tertiary/aromatic N) is 1. The summed E-state index contributed by atoms with van der Waals surface area (Å²) >= 11 is 0. The van der Waals surface area contributed by atoms with Crippen LogP contribution in [0.4, 0.5) is 0 Å². The molecule has 1 aliphatic carbocycles. The van der Waals surface area contributed by atoms with Gasteiger partial charge in [-0.3, -0.25) is 4.90 Å². The van der Waals surface area contributed by atoms with E-state index in [-0.39, 0.29) is 6.10 Å². The third kappa shape index (κ3) is 3.44. The average molecular weight is 226 g/mol. The van der Waals surface area contributed by atoms with Gasteiger partial charge in [-0.1, -0.05) is 6.42 Å². The van der Waals surface area contributed by atoms with Crippen molar-refractivity contribution >= 4 is 0 Å². The topological polar surface area (TPSA) is 35.5 Å². The fourth-order valence-corrected chi connectivity index (χ4v) is 2.73. The SMILES string of the molecule is C[C@@H]1CCC[C@H](C)N1CC(O)CNC1CC1. The molecule has 0 aromatic heterocycles. The first kappa shape index (κ1) is 12.3. The lowest BCUT2D eigenvalue weighted by atomic mass is 9.97. The van der Waals surface area contributed by atoms with E-state index in [2.05, 4.69) is 24.1 Å². The largest absolute Gasteiger partial charge is 0.390 e. The number of nitrogens with one attached hydrogen (secondary N) is 1. The van der Waals surface area contributed by atoms with Crippen LogP contribution in [-0.4, -0.2) is 47.3 Å². The molecule has 2 fully saturated rings. The quantitative estimate of drug-likeness (QED) is 0.743. The number of aliphatic hydroxyl groups is 1. The lowest BCUT2D eigenvalue weighted by Gasteiger charge is -2.40. The van der Waals surface area contributed by atoms with Gasteiger partial charge in [0.05, 0.1) is 6.10 Å². The normalized spacial score (nSPS) is 33.9. The highest BCUT2D eigenvalue weighted by Crippen LogP contribution is 2.22. The van der Waals surface area contributed by atoms with Crippen LogP contribution in [0.5, 0.6) is 0 Å². The first-order chi connectivity index (χ1) is 7.66. The summed E-state index contributed by atoms with van der Waals surface area (Å²) in [6, 6.07) is 1.98. The van der Waals surface area contributed by atoms with E-state index in [1.54, 1.807) is 0 Å². The molecule has 0 aromatic carbocycles. The molecule has 3 nitrogen and oxygen atoms in total. The molecule has 1 unspecified atom stereocenters. The predicted octanol–water partition coefficient (Wildman–Crippen LogP) is 1.36. The number of hydrogen-bond donors (Lipinski definition) is 2. The first-order valence-electron chi connectivity index (χ1n) is 6.84. The Bertz CT molecular complexity index is 208.